The Morgan fingerprint density at radius 3 is 2.67 bits per heavy atom. The third-order valence-electron chi connectivity index (χ3n) is 5.49. The van der Waals surface area contributed by atoms with E-state index in [2.05, 4.69) is 25.0 Å². The summed E-state index contributed by atoms with van der Waals surface area (Å²) in [5, 5.41) is 0.520. The first kappa shape index (κ1) is 26.7. The summed E-state index contributed by atoms with van der Waals surface area (Å²) in [5.41, 5.74) is 4.93. The number of halogens is 1. The Labute approximate surface area is 208 Å². The Bertz CT molecular complexity index is 993. The number of hydrogen-bond acceptors (Lipinski definition) is 4. The first-order valence-electron chi connectivity index (χ1n) is 11.1. The summed E-state index contributed by atoms with van der Waals surface area (Å²) >= 11 is 7.18. The molecule has 1 atom stereocenters. The largest absolute Gasteiger partial charge is 0.370 e. The van der Waals surface area contributed by atoms with Crippen molar-refractivity contribution in [3.05, 3.63) is 95.5 Å². The van der Waals surface area contributed by atoms with Crippen LogP contribution in [0.15, 0.2) is 89.3 Å². The maximum absolute atomic E-state index is 13.8. The standard InChI is InChI=1S/C27H34ClN3OS/c1-7-12-24(15-10-17-28)31(26(32)25-16-9-8-14-21(25)3)27(33-6)29-22(4)23(5)30-18-11-13-20(2)19-30/h7-10,12,14-17,20H,4-5,11,13,18-19H2,1-3,6H3/b12-7-,17-10+,24-15+,29-27?. The minimum absolute atomic E-state index is 0.168. The number of hydrogen-bond donors (Lipinski definition) is 0. The smallest absolute Gasteiger partial charge is 0.264 e. The van der Waals surface area contributed by atoms with Gasteiger partial charge in [-0.1, -0.05) is 67.7 Å². The molecule has 0 radical (unpaired) electrons. The van der Waals surface area contributed by atoms with Gasteiger partial charge in [0, 0.05) is 24.2 Å². The van der Waals surface area contributed by atoms with E-state index in [0.717, 1.165) is 30.8 Å². The highest BCUT2D eigenvalue weighted by Crippen LogP contribution is 2.26. The van der Waals surface area contributed by atoms with Crippen LogP contribution >= 0.6 is 23.4 Å². The summed E-state index contributed by atoms with van der Waals surface area (Å²) < 4.78 is 0. The van der Waals surface area contributed by atoms with E-state index in [4.69, 9.17) is 16.6 Å². The normalized spacial score (nSPS) is 17.6. The Morgan fingerprint density at radius 1 is 1.33 bits per heavy atom. The molecule has 1 aliphatic heterocycles. The van der Waals surface area contributed by atoms with Gasteiger partial charge in [-0.25, -0.2) is 4.99 Å². The number of carbonyl (C=O) groups is 1. The van der Waals surface area contributed by atoms with Crippen LogP contribution in [0.3, 0.4) is 0 Å². The van der Waals surface area contributed by atoms with Gasteiger partial charge in [-0.15, -0.1) is 0 Å². The fourth-order valence-corrected chi connectivity index (χ4v) is 4.39. The number of piperidine rings is 1. The number of likely N-dealkylation sites (tertiary alicyclic amines) is 1. The number of allylic oxidation sites excluding steroid dienone is 4. The zero-order chi connectivity index (χ0) is 24.4. The number of amidine groups is 1. The fraction of sp³-hybridized carbons (Fsp3) is 0.333. The molecule has 1 fully saturated rings. The summed E-state index contributed by atoms with van der Waals surface area (Å²) in [6.07, 6.45) is 11.5. The second-order valence-electron chi connectivity index (χ2n) is 8.05. The van der Waals surface area contributed by atoms with Crippen molar-refractivity contribution in [3.8, 4) is 0 Å². The lowest BCUT2D eigenvalue weighted by molar-refractivity contribution is 0.0882. The molecule has 2 rings (SSSR count). The van der Waals surface area contributed by atoms with E-state index in [1.165, 1.54) is 23.7 Å². The highest BCUT2D eigenvalue weighted by atomic mass is 35.5. The molecule has 1 aliphatic rings. The van der Waals surface area contributed by atoms with Crippen molar-refractivity contribution in [2.24, 2.45) is 10.9 Å². The first-order chi connectivity index (χ1) is 15.8. The van der Waals surface area contributed by atoms with Gasteiger partial charge in [-0.05, 0) is 68.7 Å². The number of benzene rings is 1. The van der Waals surface area contributed by atoms with Crippen molar-refractivity contribution in [3.63, 3.8) is 0 Å². The van der Waals surface area contributed by atoms with Crippen LogP contribution in [0.25, 0.3) is 0 Å². The Morgan fingerprint density at radius 2 is 2.06 bits per heavy atom. The SMILES string of the molecule is C=C(N=C(SC)N(C(=O)c1ccccc1C)C(/C=C\C)=C/C=C/Cl)C(=C)N1CCCC(C)C1. The van der Waals surface area contributed by atoms with Gasteiger partial charge in [0.15, 0.2) is 5.17 Å². The summed E-state index contributed by atoms with van der Waals surface area (Å²) in [5.74, 6) is 0.441. The van der Waals surface area contributed by atoms with Gasteiger partial charge < -0.3 is 4.90 Å². The van der Waals surface area contributed by atoms with Gasteiger partial charge in [0.25, 0.3) is 5.91 Å². The van der Waals surface area contributed by atoms with Gasteiger partial charge in [-0.2, -0.15) is 0 Å². The van der Waals surface area contributed by atoms with Gasteiger partial charge in [0.2, 0.25) is 0 Å². The van der Waals surface area contributed by atoms with E-state index in [1.54, 1.807) is 17.1 Å². The molecule has 1 heterocycles. The van der Waals surface area contributed by atoms with Crippen LogP contribution in [-0.4, -0.2) is 40.2 Å². The van der Waals surface area contributed by atoms with Gasteiger partial charge >= 0.3 is 0 Å². The van der Waals surface area contributed by atoms with E-state index < -0.39 is 0 Å². The monoisotopic (exact) mass is 483 g/mol. The van der Waals surface area contributed by atoms with Crippen molar-refractivity contribution >= 4 is 34.4 Å². The molecule has 1 aromatic rings. The summed E-state index contributed by atoms with van der Waals surface area (Å²) in [7, 11) is 0. The molecule has 1 unspecified atom stereocenters. The second-order valence-corrected chi connectivity index (χ2v) is 9.08. The van der Waals surface area contributed by atoms with E-state index in [1.807, 2.05) is 56.5 Å². The molecule has 33 heavy (non-hydrogen) atoms. The second kappa shape index (κ2) is 13.3. The Kier molecular flexibility index (Phi) is 10.8. The number of carbonyl (C=O) groups excluding carboxylic acids is 1. The van der Waals surface area contributed by atoms with E-state index in [9.17, 15) is 4.79 Å². The van der Waals surface area contributed by atoms with Crippen molar-refractivity contribution in [2.45, 2.75) is 33.6 Å². The van der Waals surface area contributed by atoms with Crippen LogP contribution in [0.4, 0.5) is 0 Å². The first-order valence-corrected chi connectivity index (χ1v) is 12.8. The molecular formula is C27H34ClN3OS. The predicted molar refractivity (Wildman–Crippen MR) is 144 cm³/mol. The molecule has 0 aromatic heterocycles. The molecule has 0 aliphatic carbocycles. The topological polar surface area (TPSA) is 35.9 Å². The van der Waals surface area contributed by atoms with Crippen molar-refractivity contribution < 1.29 is 4.79 Å². The minimum Gasteiger partial charge on any atom is -0.370 e. The number of thioether (sulfide) groups is 1. The third kappa shape index (κ3) is 7.24. The summed E-state index contributed by atoms with van der Waals surface area (Å²) in [6, 6.07) is 7.54. The molecule has 1 amide bonds. The number of rotatable bonds is 7. The third-order valence-corrected chi connectivity index (χ3v) is 6.27. The summed E-state index contributed by atoms with van der Waals surface area (Å²) in [4.78, 5) is 22.4. The van der Waals surface area contributed by atoms with Crippen molar-refractivity contribution in [2.75, 3.05) is 19.3 Å². The van der Waals surface area contributed by atoms with Crippen LogP contribution in [0.1, 0.15) is 42.6 Å². The van der Waals surface area contributed by atoms with Gasteiger partial charge in [0.1, 0.15) is 0 Å². The van der Waals surface area contributed by atoms with Crippen LogP contribution in [0.5, 0.6) is 0 Å². The number of aliphatic imine (C=N–C) groups is 1. The average molecular weight is 484 g/mol. The molecule has 1 aromatic carbocycles. The highest BCUT2D eigenvalue weighted by Gasteiger charge is 2.26. The Balaban J connectivity index is 2.52. The molecule has 1 saturated heterocycles. The van der Waals surface area contributed by atoms with E-state index >= 15 is 0 Å². The average Bonchev–Trinajstić information content (AvgIpc) is 2.81. The van der Waals surface area contributed by atoms with Gasteiger partial charge in [0.05, 0.1) is 17.1 Å². The molecule has 6 heteroatoms. The number of aryl methyl sites for hydroxylation is 1. The zero-order valence-electron chi connectivity index (χ0n) is 20.1. The maximum Gasteiger partial charge on any atom is 0.264 e. The minimum atomic E-state index is -0.168. The lowest BCUT2D eigenvalue weighted by atomic mass is 10.00. The fourth-order valence-electron chi connectivity index (χ4n) is 3.74. The number of nitrogens with zero attached hydrogens (tertiary/aromatic N) is 3. The molecule has 0 bridgehead atoms. The molecule has 0 spiro atoms. The van der Waals surface area contributed by atoms with Gasteiger partial charge in [-0.3, -0.25) is 9.69 Å². The molecular weight excluding hydrogens is 450 g/mol. The maximum atomic E-state index is 13.8. The molecule has 0 saturated carbocycles. The highest BCUT2D eigenvalue weighted by molar-refractivity contribution is 8.13. The predicted octanol–water partition coefficient (Wildman–Crippen LogP) is 7.13. The van der Waals surface area contributed by atoms with E-state index in [0.29, 0.717) is 28.0 Å². The lowest BCUT2D eigenvalue weighted by Crippen LogP contribution is -2.36. The van der Waals surface area contributed by atoms with Crippen LogP contribution in [-0.2, 0) is 0 Å². The van der Waals surface area contributed by atoms with Crippen molar-refractivity contribution in [1.82, 2.24) is 9.80 Å². The van der Waals surface area contributed by atoms with Crippen LogP contribution < -0.4 is 0 Å². The molecule has 176 valence electrons. The lowest BCUT2D eigenvalue weighted by Gasteiger charge is -2.34. The zero-order valence-corrected chi connectivity index (χ0v) is 21.6. The van der Waals surface area contributed by atoms with Crippen LogP contribution in [0, 0.1) is 12.8 Å². The van der Waals surface area contributed by atoms with Crippen LogP contribution in [0.2, 0.25) is 0 Å². The van der Waals surface area contributed by atoms with E-state index in [-0.39, 0.29) is 5.91 Å². The molecule has 0 N–H and O–H groups in total. The van der Waals surface area contributed by atoms with Crippen molar-refractivity contribution in [1.29, 1.82) is 0 Å². The quantitative estimate of drug-likeness (QED) is 0.235. The molecule has 4 nitrogen and oxygen atoms in total. The summed E-state index contributed by atoms with van der Waals surface area (Å²) in [6.45, 7) is 16.4. The Hall–Kier alpha value is -2.50. The number of amides is 1.